The molecule has 0 radical (unpaired) electrons. The zero-order valence-corrected chi connectivity index (χ0v) is 16.1. The van der Waals surface area contributed by atoms with Gasteiger partial charge in [0, 0.05) is 42.5 Å². The van der Waals surface area contributed by atoms with Crippen molar-refractivity contribution in [2.24, 2.45) is 0 Å². The molecule has 2 aliphatic rings. The van der Waals surface area contributed by atoms with Crippen LogP contribution in [0.3, 0.4) is 0 Å². The monoisotopic (exact) mass is 401 g/mol. The number of rotatable bonds is 4. The van der Waals surface area contributed by atoms with E-state index in [9.17, 15) is 17.6 Å². The normalized spacial score (nSPS) is 20.4. The van der Waals surface area contributed by atoms with Gasteiger partial charge in [-0.25, -0.2) is 12.8 Å². The number of hydrogen-bond donors (Lipinski definition) is 2. The van der Waals surface area contributed by atoms with Crippen LogP contribution in [0.5, 0.6) is 0 Å². The summed E-state index contributed by atoms with van der Waals surface area (Å²) in [6.45, 7) is 1.21. The molecule has 6 nitrogen and oxygen atoms in total. The number of nitrogens with one attached hydrogen (secondary N) is 2. The summed E-state index contributed by atoms with van der Waals surface area (Å²) in [4.78, 5) is 14.2. The smallest absolute Gasteiger partial charge is 0.257 e. The summed E-state index contributed by atoms with van der Waals surface area (Å²) in [6.07, 6.45) is 3.52. The predicted molar refractivity (Wildman–Crippen MR) is 109 cm³/mol. The van der Waals surface area contributed by atoms with E-state index in [-0.39, 0.29) is 11.2 Å². The first kappa shape index (κ1) is 18.5. The molecule has 0 bridgehead atoms. The lowest BCUT2D eigenvalue weighted by Gasteiger charge is -2.18. The maximum Gasteiger partial charge on any atom is 0.257 e. The third kappa shape index (κ3) is 3.60. The Hall–Kier alpha value is -2.87. The van der Waals surface area contributed by atoms with Crippen LogP contribution in [0.15, 0.2) is 48.7 Å². The van der Waals surface area contributed by atoms with Crippen LogP contribution in [0.25, 0.3) is 5.57 Å². The molecule has 0 spiro atoms. The minimum absolute atomic E-state index is 0.284. The number of sulfone groups is 1. The highest BCUT2D eigenvalue weighted by Gasteiger charge is 2.30. The second-order valence-corrected chi connectivity index (χ2v) is 9.41. The fourth-order valence-electron chi connectivity index (χ4n) is 3.55. The Bertz CT molecular complexity index is 1060. The zero-order valence-electron chi connectivity index (χ0n) is 15.3. The van der Waals surface area contributed by atoms with Gasteiger partial charge >= 0.3 is 0 Å². The number of carbonyl (C=O) groups excluding carboxylic acids is 1. The van der Waals surface area contributed by atoms with E-state index in [2.05, 4.69) is 15.5 Å². The van der Waals surface area contributed by atoms with Crippen molar-refractivity contribution in [1.82, 2.24) is 0 Å². The Labute approximate surface area is 163 Å². The highest BCUT2D eigenvalue weighted by atomic mass is 32.2. The summed E-state index contributed by atoms with van der Waals surface area (Å²) in [5.41, 5.74) is 3.30. The van der Waals surface area contributed by atoms with E-state index in [0.29, 0.717) is 36.3 Å². The van der Waals surface area contributed by atoms with E-state index >= 15 is 0 Å². The molecule has 2 aliphatic heterocycles. The van der Waals surface area contributed by atoms with Crippen LogP contribution in [0.2, 0.25) is 0 Å². The summed E-state index contributed by atoms with van der Waals surface area (Å²) in [5, 5.41) is 5.42. The summed E-state index contributed by atoms with van der Waals surface area (Å²) in [7, 11) is -3.03. The lowest BCUT2D eigenvalue weighted by molar-refractivity contribution is -0.110. The maximum atomic E-state index is 13.3. The molecule has 2 aromatic carbocycles. The van der Waals surface area contributed by atoms with Gasteiger partial charge in [-0.1, -0.05) is 0 Å². The minimum Gasteiger partial charge on any atom is -0.370 e. The van der Waals surface area contributed by atoms with Crippen molar-refractivity contribution in [2.75, 3.05) is 34.9 Å². The van der Waals surface area contributed by atoms with Gasteiger partial charge in [-0.3, -0.25) is 4.79 Å². The third-order valence-corrected chi connectivity index (χ3v) is 6.73. The Kier molecular flexibility index (Phi) is 4.58. The molecule has 1 fully saturated rings. The first-order valence-corrected chi connectivity index (χ1v) is 10.9. The summed E-state index contributed by atoms with van der Waals surface area (Å²) < 4.78 is 36.7. The van der Waals surface area contributed by atoms with Crippen molar-refractivity contribution in [1.29, 1.82) is 0 Å². The quantitative estimate of drug-likeness (QED) is 0.771. The molecule has 4 rings (SSSR count). The highest BCUT2D eigenvalue weighted by Crippen LogP contribution is 2.32. The lowest BCUT2D eigenvalue weighted by Crippen LogP contribution is -2.25. The van der Waals surface area contributed by atoms with E-state index in [0.717, 1.165) is 11.4 Å². The Morgan fingerprint density at radius 3 is 2.64 bits per heavy atom. The second-order valence-electron chi connectivity index (χ2n) is 7.08. The molecular weight excluding hydrogens is 381 g/mol. The van der Waals surface area contributed by atoms with Crippen LogP contribution in [0, 0.1) is 5.82 Å². The van der Waals surface area contributed by atoms with Gasteiger partial charge in [0.2, 0.25) is 0 Å². The van der Waals surface area contributed by atoms with Gasteiger partial charge in [-0.05, 0) is 48.9 Å². The zero-order chi connectivity index (χ0) is 19.9. The molecule has 1 saturated heterocycles. The molecule has 1 atom stereocenters. The number of amides is 1. The van der Waals surface area contributed by atoms with Crippen molar-refractivity contribution in [3.63, 3.8) is 0 Å². The van der Waals surface area contributed by atoms with Gasteiger partial charge in [0.15, 0.2) is 9.84 Å². The topological polar surface area (TPSA) is 78.5 Å². The van der Waals surface area contributed by atoms with Gasteiger partial charge in [-0.2, -0.15) is 0 Å². The number of carbonyl (C=O) groups is 1. The third-order valence-electron chi connectivity index (χ3n) is 5.13. The molecule has 1 unspecified atom stereocenters. The fraction of sp³-hybridized carbons (Fsp3) is 0.250. The minimum atomic E-state index is -3.03. The van der Waals surface area contributed by atoms with Crippen molar-refractivity contribution < 1.29 is 17.6 Å². The molecule has 2 N–H and O–H groups in total. The molecule has 28 heavy (non-hydrogen) atoms. The largest absolute Gasteiger partial charge is 0.370 e. The number of hydrogen-bond acceptors (Lipinski definition) is 5. The SMILES string of the molecule is CS(=O)(=O)C1CCN(c2ccc(N/C=C3\C(=O)Nc4cc(F)ccc43)cc2)C1. The summed E-state index contributed by atoms with van der Waals surface area (Å²) in [6, 6.07) is 11.8. The van der Waals surface area contributed by atoms with Crippen LogP contribution in [-0.2, 0) is 14.6 Å². The van der Waals surface area contributed by atoms with Crippen LogP contribution in [0.4, 0.5) is 21.5 Å². The standard InChI is InChI=1S/C20H20FN3O3S/c1-28(26,27)16-8-9-24(12-16)15-5-3-14(4-6-15)22-11-18-17-7-2-13(21)10-19(17)23-20(18)25/h2-7,10-11,16,22H,8-9,12H2,1H3,(H,23,25)/b18-11-. The van der Waals surface area contributed by atoms with Crippen LogP contribution < -0.4 is 15.5 Å². The van der Waals surface area contributed by atoms with Gasteiger partial charge in [-0.15, -0.1) is 0 Å². The first-order valence-electron chi connectivity index (χ1n) is 8.93. The van der Waals surface area contributed by atoms with E-state index in [1.54, 1.807) is 12.3 Å². The number of benzene rings is 2. The van der Waals surface area contributed by atoms with Gasteiger partial charge < -0.3 is 15.5 Å². The van der Waals surface area contributed by atoms with Gasteiger partial charge in [0.05, 0.1) is 16.5 Å². The molecule has 0 aromatic heterocycles. The van der Waals surface area contributed by atoms with Crippen LogP contribution in [-0.4, -0.2) is 38.9 Å². The van der Waals surface area contributed by atoms with E-state index in [1.165, 1.54) is 18.4 Å². The highest BCUT2D eigenvalue weighted by molar-refractivity contribution is 7.91. The Morgan fingerprint density at radius 2 is 1.96 bits per heavy atom. The average molecular weight is 401 g/mol. The molecule has 146 valence electrons. The Morgan fingerprint density at radius 1 is 1.21 bits per heavy atom. The molecule has 1 amide bonds. The summed E-state index contributed by atoms with van der Waals surface area (Å²) >= 11 is 0. The maximum absolute atomic E-state index is 13.3. The molecule has 0 saturated carbocycles. The van der Waals surface area contributed by atoms with Crippen molar-refractivity contribution >= 4 is 38.4 Å². The molecule has 2 heterocycles. The number of nitrogens with zero attached hydrogens (tertiary/aromatic N) is 1. The van der Waals surface area contributed by atoms with Crippen molar-refractivity contribution in [3.8, 4) is 0 Å². The van der Waals surface area contributed by atoms with Crippen LogP contribution in [0.1, 0.15) is 12.0 Å². The lowest BCUT2D eigenvalue weighted by atomic mass is 10.1. The summed E-state index contributed by atoms with van der Waals surface area (Å²) in [5.74, 6) is -0.683. The van der Waals surface area contributed by atoms with E-state index < -0.39 is 15.7 Å². The number of anilines is 3. The van der Waals surface area contributed by atoms with E-state index in [1.807, 2.05) is 24.3 Å². The fourth-order valence-corrected chi connectivity index (χ4v) is 4.53. The predicted octanol–water partition coefficient (Wildman–Crippen LogP) is 2.85. The molecule has 8 heteroatoms. The van der Waals surface area contributed by atoms with Gasteiger partial charge in [0.25, 0.3) is 5.91 Å². The molecule has 0 aliphatic carbocycles. The number of fused-ring (bicyclic) bond motifs is 1. The first-order chi connectivity index (χ1) is 13.3. The van der Waals surface area contributed by atoms with Crippen LogP contribution >= 0.6 is 0 Å². The van der Waals surface area contributed by atoms with Crippen molar-refractivity contribution in [2.45, 2.75) is 11.7 Å². The van der Waals surface area contributed by atoms with E-state index in [4.69, 9.17) is 0 Å². The number of halogens is 1. The molecular formula is C20H20FN3O3S. The molecule has 2 aromatic rings. The van der Waals surface area contributed by atoms with Crippen molar-refractivity contribution in [3.05, 3.63) is 60.0 Å². The Balaban J connectivity index is 1.46. The van der Waals surface area contributed by atoms with Gasteiger partial charge in [0.1, 0.15) is 5.82 Å². The average Bonchev–Trinajstić information content (AvgIpc) is 3.24. The second kappa shape index (κ2) is 6.94.